The minimum Gasteiger partial charge on any atom is -0.326 e. The molecule has 2 aromatic carbocycles. The molecule has 2 N–H and O–H groups in total. The summed E-state index contributed by atoms with van der Waals surface area (Å²) in [6.45, 7) is 4.86. The number of hydrogen-bond donors (Lipinski definition) is 1. The summed E-state index contributed by atoms with van der Waals surface area (Å²) in [5.74, 6) is 0.436. The first-order chi connectivity index (χ1) is 9.70. The summed E-state index contributed by atoms with van der Waals surface area (Å²) in [4.78, 5) is 0. The van der Waals surface area contributed by atoms with Gasteiger partial charge in [0.25, 0.3) is 0 Å². The van der Waals surface area contributed by atoms with E-state index in [4.69, 9.17) is 5.73 Å². The lowest BCUT2D eigenvalue weighted by molar-refractivity contribution is 0.770. The summed E-state index contributed by atoms with van der Waals surface area (Å²) < 4.78 is 1.96. The Balaban J connectivity index is 2.21. The molecule has 3 nitrogen and oxygen atoms in total. The molecule has 0 saturated heterocycles. The second kappa shape index (κ2) is 5.10. The van der Waals surface area contributed by atoms with Crippen LogP contribution in [0.2, 0.25) is 0 Å². The molecule has 20 heavy (non-hydrogen) atoms. The number of nitrogens with zero attached hydrogens (tertiary/aromatic N) is 2. The molecule has 102 valence electrons. The van der Waals surface area contributed by atoms with Gasteiger partial charge in [0.1, 0.15) is 0 Å². The van der Waals surface area contributed by atoms with Crippen LogP contribution in [-0.4, -0.2) is 9.78 Å². The molecule has 0 aliphatic heterocycles. The smallest absolute Gasteiger partial charge is 0.0724 e. The third-order valence-electron chi connectivity index (χ3n) is 3.66. The van der Waals surface area contributed by atoms with Crippen molar-refractivity contribution < 1.29 is 0 Å². The number of benzene rings is 2. The van der Waals surface area contributed by atoms with E-state index in [1.807, 2.05) is 16.9 Å². The van der Waals surface area contributed by atoms with E-state index in [0.29, 0.717) is 12.5 Å². The van der Waals surface area contributed by atoms with Gasteiger partial charge in [0, 0.05) is 18.1 Å². The SMILES string of the molecule is CC(C)c1ccn(-c2ccc(CN)c3ccccc23)n1. The Bertz CT molecular complexity index is 741. The normalized spacial score (nSPS) is 11.4. The summed E-state index contributed by atoms with van der Waals surface area (Å²) in [6.07, 6.45) is 2.03. The molecule has 3 aromatic rings. The van der Waals surface area contributed by atoms with Gasteiger partial charge in [-0.25, -0.2) is 4.68 Å². The van der Waals surface area contributed by atoms with Gasteiger partial charge in [-0.05, 0) is 29.0 Å². The zero-order valence-electron chi connectivity index (χ0n) is 11.9. The van der Waals surface area contributed by atoms with E-state index in [2.05, 4.69) is 55.3 Å². The van der Waals surface area contributed by atoms with Crippen LogP contribution < -0.4 is 5.73 Å². The van der Waals surface area contributed by atoms with Crippen molar-refractivity contribution in [2.24, 2.45) is 5.73 Å². The third-order valence-corrected chi connectivity index (χ3v) is 3.66. The summed E-state index contributed by atoms with van der Waals surface area (Å²) in [7, 11) is 0. The number of fused-ring (bicyclic) bond motifs is 1. The molecule has 0 atom stereocenters. The van der Waals surface area contributed by atoms with Crippen molar-refractivity contribution in [1.82, 2.24) is 9.78 Å². The summed E-state index contributed by atoms with van der Waals surface area (Å²) in [6, 6.07) is 14.6. The molecule has 0 amide bonds. The lowest BCUT2D eigenvalue weighted by Crippen LogP contribution is -2.02. The van der Waals surface area contributed by atoms with Gasteiger partial charge in [-0.2, -0.15) is 5.10 Å². The maximum atomic E-state index is 5.83. The predicted octanol–water partition coefficient (Wildman–Crippen LogP) is 3.61. The van der Waals surface area contributed by atoms with Crippen molar-refractivity contribution in [3.8, 4) is 5.69 Å². The van der Waals surface area contributed by atoms with Crippen LogP contribution in [0.25, 0.3) is 16.5 Å². The van der Waals surface area contributed by atoms with Crippen molar-refractivity contribution in [2.75, 3.05) is 0 Å². The molecule has 0 saturated carbocycles. The number of nitrogens with two attached hydrogens (primary N) is 1. The average Bonchev–Trinajstić information content (AvgIpc) is 2.96. The average molecular weight is 265 g/mol. The van der Waals surface area contributed by atoms with E-state index in [1.165, 1.54) is 16.3 Å². The van der Waals surface area contributed by atoms with Gasteiger partial charge in [-0.3, -0.25) is 0 Å². The Hall–Kier alpha value is -2.13. The van der Waals surface area contributed by atoms with Gasteiger partial charge in [-0.1, -0.05) is 44.2 Å². The Morgan fingerprint density at radius 2 is 1.80 bits per heavy atom. The fraction of sp³-hybridized carbons (Fsp3) is 0.235. The van der Waals surface area contributed by atoms with E-state index in [9.17, 15) is 0 Å². The Labute approximate surface area is 119 Å². The molecule has 0 fully saturated rings. The van der Waals surface area contributed by atoms with Crippen LogP contribution in [0.4, 0.5) is 0 Å². The van der Waals surface area contributed by atoms with E-state index < -0.39 is 0 Å². The molecule has 1 heterocycles. The minimum absolute atomic E-state index is 0.436. The second-order valence-corrected chi connectivity index (χ2v) is 5.33. The highest BCUT2D eigenvalue weighted by Gasteiger charge is 2.09. The van der Waals surface area contributed by atoms with E-state index in [0.717, 1.165) is 11.4 Å². The fourth-order valence-electron chi connectivity index (χ4n) is 2.50. The molecule has 3 rings (SSSR count). The Morgan fingerprint density at radius 1 is 1.05 bits per heavy atom. The number of aromatic nitrogens is 2. The maximum Gasteiger partial charge on any atom is 0.0724 e. The van der Waals surface area contributed by atoms with Crippen molar-refractivity contribution in [3.05, 3.63) is 59.9 Å². The van der Waals surface area contributed by atoms with E-state index >= 15 is 0 Å². The lowest BCUT2D eigenvalue weighted by Gasteiger charge is -2.10. The zero-order chi connectivity index (χ0) is 14.1. The largest absolute Gasteiger partial charge is 0.326 e. The van der Waals surface area contributed by atoms with Crippen molar-refractivity contribution in [2.45, 2.75) is 26.3 Å². The molecule has 1 aromatic heterocycles. The van der Waals surface area contributed by atoms with Gasteiger partial charge < -0.3 is 5.73 Å². The standard InChI is InChI=1S/C17H19N3/c1-12(2)16-9-10-20(19-16)17-8-7-13(11-18)14-5-3-4-6-15(14)17/h3-10,12H,11,18H2,1-2H3. The zero-order valence-corrected chi connectivity index (χ0v) is 11.9. The number of hydrogen-bond acceptors (Lipinski definition) is 2. The quantitative estimate of drug-likeness (QED) is 0.786. The molecule has 3 heteroatoms. The Kier molecular flexibility index (Phi) is 3.28. The topological polar surface area (TPSA) is 43.8 Å². The van der Waals surface area contributed by atoms with Crippen molar-refractivity contribution in [1.29, 1.82) is 0 Å². The first-order valence-corrected chi connectivity index (χ1v) is 6.97. The lowest BCUT2D eigenvalue weighted by atomic mass is 10.0. The van der Waals surface area contributed by atoms with Gasteiger partial charge in [0.2, 0.25) is 0 Å². The van der Waals surface area contributed by atoms with Crippen LogP contribution in [0.5, 0.6) is 0 Å². The molecule has 0 unspecified atom stereocenters. The van der Waals surface area contributed by atoms with E-state index in [1.54, 1.807) is 0 Å². The van der Waals surface area contributed by atoms with Crippen LogP contribution in [0, 0.1) is 0 Å². The summed E-state index contributed by atoms with van der Waals surface area (Å²) >= 11 is 0. The van der Waals surface area contributed by atoms with Crippen LogP contribution in [0.1, 0.15) is 31.0 Å². The monoisotopic (exact) mass is 265 g/mol. The molecule has 0 aliphatic rings. The molecular weight excluding hydrogens is 246 g/mol. The minimum atomic E-state index is 0.436. The van der Waals surface area contributed by atoms with Gasteiger partial charge in [0.15, 0.2) is 0 Å². The first kappa shape index (κ1) is 12.9. The van der Waals surface area contributed by atoms with Crippen LogP contribution in [-0.2, 0) is 6.54 Å². The van der Waals surface area contributed by atoms with Crippen LogP contribution in [0.3, 0.4) is 0 Å². The number of rotatable bonds is 3. The van der Waals surface area contributed by atoms with Gasteiger partial charge in [0.05, 0.1) is 11.4 Å². The molecule has 0 bridgehead atoms. The van der Waals surface area contributed by atoms with E-state index in [-0.39, 0.29) is 0 Å². The highest BCUT2D eigenvalue weighted by molar-refractivity contribution is 5.92. The van der Waals surface area contributed by atoms with Crippen molar-refractivity contribution >= 4 is 10.8 Å². The molecular formula is C17H19N3. The molecule has 0 radical (unpaired) electrons. The second-order valence-electron chi connectivity index (χ2n) is 5.33. The summed E-state index contributed by atoms with van der Waals surface area (Å²) in [5.41, 5.74) is 9.20. The van der Waals surface area contributed by atoms with Gasteiger partial charge in [-0.15, -0.1) is 0 Å². The third kappa shape index (κ3) is 2.10. The first-order valence-electron chi connectivity index (χ1n) is 6.97. The molecule has 0 spiro atoms. The predicted molar refractivity (Wildman–Crippen MR) is 83.1 cm³/mol. The van der Waals surface area contributed by atoms with Crippen LogP contribution >= 0.6 is 0 Å². The van der Waals surface area contributed by atoms with Crippen molar-refractivity contribution in [3.63, 3.8) is 0 Å². The summed E-state index contributed by atoms with van der Waals surface area (Å²) in [5, 5.41) is 7.06. The highest BCUT2D eigenvalue weighted by Crippen LogP contribution is 2.26. The Morgan fingerprint density at radius 3 is 2.45 bits per heavy atom. The maximum absolute atomic E-state index is 5.83. The van der Waals surface area contributed by atoms with Gasteiger partial charge >= 0.3 is 0 Å². The fourth-order valence-corrected chi connectivity index (χ4v) is 2.50. The van der Waals surface area contributed by atoms with Crippen LogP contribution in [0.15, 0.2) is 48.7 Å². The molecule has 0 aliphatic carbocycles. The highest BCUT2D eigenvalue weighted by atomic mass is 15.3.